The van der Waals surface area contributed by atoms with Crippen LogP contribution in [0.3, 0.4) is 0 Å². The number of benzene rings is 1. The number of nitrogens with one attached hydrogen (secondary N) is 1. The number of piperazine rings is 1. The molecule has 0 spiro atoms. The fraction of sp³-hybridized carbons (Fsp3) is 0.647. The van der Waals surface area contributed by atoms with Crippen LogP contribution in [0, 0.1) is 0 Å². The Labute approximate surface area is 122 Å². The second-order valence-corrected chi connectivity index (χ2v) is 5.95. The second kappa shape index (κ2) is 6.70. The second-order valence-electron chi connectivity index (χ2n) is 5.95. The molecule has 0 aromatic heterocycles. The third-order valence-electron chi connectivity index (χ3n) is 4.59. The summed E-state index contributed by atoms with van der Waals surface area (Å²) in [7, 11) is 0. The summed E-state index contributed by atoms with van der Waals surface area (Å²) in [6.45, 7) is 7.57. The van der Waals surface area contributed by atoms with E-state index in [2.05, 4.69) is 41.4 Å². The van der Waals surface area contributed by atoms with Crippen molar-refractivity contribution in [2.45, 2.75) is 38.3 Å². The number of ether oxygens (including phenoxy) is 1. The van der Waals surface area contributed by atoms with Gasteiger partial charge in [0.15, 0.2) is 0 Å². The molecule has 3 rings (SSSR count). The van der Waals surface area contributed by atoms with Crippen LogP contribution < -0.4 is 5.32 Å². The number of hydrogen-bond acceptors (Lipinski definition) is 3. The minimum absolute atomic E-state index is 0.261. The molecule has 2 unspecified atom stereocenters. The van der Waals surface area contributed by atoms with Crippen molar-refractivity contribution in [3.05, 3.63) is 35.4 Å². The summed E-state index contributed by atoms with van der Waals surface area (Å²) < 4.78 is 6.07. The Morgan fingerprint density at radius 2 is 2.25 bits per heavy atom. The van der Waals surface area contributed by atoms with Crippen molar-refractivity contribution in [1.82, 2.24) is 10.2 Å². The quantitative estimate of drug-likeness (QED) is 0.912. The molecule has 1 fully saturated rings. The van der Waals surface area contributed by atoms with Gasteiger partial charge in [0.05, 0.1) is 12.7 Å². The third kappa shape index (κ3) is 3.05. The van der Waals surface area contributed by atoms with Crippen LogP contribution in [0.4, 0.5) is 0 Å². The first-order chi connectivity index (χ1) is 9.88. The number of nitrogens with zero attached hydrogens (tertiary/aromatic N) is 1. The maximum atomic E-state index is 6.07. The molecule has 2 heterocycles. The van der Waals surface area contributed by atoms with Gasteiger partial charge in [0.2, 0.25) is 0 Å². The van der Waals surface area contributed by atoms with Crippen LogP contribution in [0.15, 0.2) is 24.3 Å². The van der Waals surface area contributed by atoms with Crippen molar-refractivity contribution in [2.75, 3.05) is 32.8 Å². The van der Waals surface area contributed by atoms with Gasteiger partial charge in [-0.15, -0.1) is 0 Å². The highest BCUT2D eigenvalue weighted by molar-refractivity contribution is 5.31. The van der Waals surface area contributed by atoms with E-state index in [0.717, 1.165) is 39.2 Å². The number of hydrogen-bond donors (Lipinski definition) is 1. The lowest BCUT2D eigenvalue weighted by molar-refractivity contribution is 0.000172. The first-order valence-electron chi connectivity index (χ1n) is 8.02. The van der Waals surface area contributed by atoms with Crippen molar-refractivity contribution in [2.24, 2.45) is 0 Å². The zero-order valence-corrected chi connectivity index (χ0v) is 12.5. The molecule has 0 saturated carbocycles. The van der Waals surface area contributed by atoms with Gasteiger partial charge < -0.3 is 10.1 Å². The molecular formula is C17H26N2O. The van der Waals surface area contributed by atoms with Crippen LogP contribution in [0.5, 0.6) is 0 Å². The largest absolute Gasteiger partial charge is 0.372 e. The van der Waals surface area contributed by atoms with Gasteiger partial charge in [-0.25, -0.2) is 0 Å². The summed E-state index contributed by atoms with van der Waals surface area (Å²) in [5, 5.41) is 3.52. The Balaban J connectivity index is 1.71. The van der Waals surface area contributed by atoms with E-state index in [0.29, 0.717) is 6.04 Å². The minimum Gasteiger partial charge on any atom is -0.372 e. The van der Waals surface area contributed by atoms with Crippen molar-refractivity contribution in [3.8, 4) is 0 Å². The molecule has 1 aromatic carbocycles. The van der Waals surface area contributed by atoms with E-state index in [1.807, 2.05) is 0 Å². The monoisotopic (exact) mass is 274 g/mol. The van der Waals surface area contributed by atoms with Crippen molar-refractivity contribution in [1.29, 1.82) is 0 Å². The van der Waals surface area contributed by atoms with Crippen LogP contribution in [0.25, 0.3) is 0 Å². The summed E-state index contributed by atoms with van der Waals surface area (Å²) in [6.07, 6.45) is 3.86. The normalized spacial score (nSPS) is 27.2. The molecule has 20 heavy (non-hydrogen) atoms. The summed E-state index contributed by atoms with van der Waals surface area (Å²) >= 11 is 0. The molecule has 0 radical (unpaired) electrons. The average Bonchev–Trinajstić information content (AvgIpc) is 2.50. The Kier molecular flexibility index (Phi) is 4.71. The third-order valence-corrected chi connectivity index (χ3v) is 4.59. The smallest absolute Gasteiger partial charge is 0.0954 e. The lowest BCUT2D eigenvalue weighted by Gasteiger charge is -2.39. The van der Waals surface area contributed by atoms with Gasteiger partial charge in [-0.3, -0.25) is 4.90 Å². The predicted octanol–water partition coefficient (Wildman–Crippen LogP) is 2.37. The molecule has 1 N–H and O–H groups in total. The number of fused-ring (bicyclic) bond motifs is 1. The topological polar surface area (TPSA) is 24.5 Å². The Bertz CT molecular complexity index is 433. The Morgan fingerprint density at radius 1 is 1.35 bits per heavy atom. The maximum Gasteiger partial charge on any atom is 0.0954 e. The zero-order valence-electron chi connectivity index (χ0n) is 12.5. The highest BCUT2D eigenvalue weighted by Crippen LogP contribution is 2.28. The average molecular weight is 274 g/mol. The van der Waals surface area contributed by atoms with E-state index in [9.17, 15) is 0 Å². The minimum atomic E-state index is 0.261. The zero-order chi connectivity index (χ0) is 13.8. The highest BCUT2D eigenvalue weighted by atomic mass is 16.5. The predicted molar refractivity (Wildman–Crippen MR) is 82.0 cm³/mol. The Morgan fingerprint density at radius 3 is 3.15 bits per heavy atom. The molecule has 0 aliphatic carbocycles. The standard InChI is InChI=1S/C17H26N2O/c1-2-5-15-12-18-9-10-19(15)13-17-16-7-4-3-6-14(16)8-11-20-17/h3-4,6-7,15,17-18H,2,5,8-13H2,1H3. The molecule has 3 nitrogen and oxygen atoms in total. The number of rotatable bonds is 4. The summed E-state index contributed by atoms with van der Waals surface area (Å²) in [5.74, 6) is 0. The van der Waals surface area contributed by atoms with E-state index in [1.165, 1.54) is 24.0 Å². The SMILES string of the molecule is CCCC1CNCCN1CC1OCCc2ccccc21. The first kappa shape index (κ1) is 14.1. The van der Waals surface area contributed by atoms with Gasteiger partial charge >= 0.3 is 0 Å². The fourth-order valence-corrected chi connectivity index (χ4v) is 3.50. The maximum absolute atomic E-state index is 6.07. The lowest BCUT2D eigenvalue weighted by atomic mass is 9.96. The van der Waals surface area contributed by atoms with E-state index in [1.54, 1.807) is 0 Å². The van der Waals surface area contributed by atoms with Crippen LogP contribution in [0.1, 0.15) is 37.0 Å². The van der Waals surface area contributed by atoms with Crippen molar-refractivity contribution >= 4 is 0 Å². The van der Waals surface area contributed by atoms with Crippen LogP contribution in [-0.2, 0) is 11.2 Å². The molecule has 1 saturated heterocycles. The summed E-state index contributed by atoms with van der Waals surface area (Å²) in [6, 6.07) is 9.46. The van der Waals surface area contributed by atoms with Crippen LogP contribution >= 0.6 is 0 Å². The van der Waals surface area contributed by atoms with Gasteiger partial charge in [0.1, 0.15) is 0 Å². The van der Waals surface area contributed by atoms with Gasteiger partial charge in [0.25, 0.3) is 0 Å². The molecule has 3 heteroatoms. The Hall–Kier alpha value is -0.900. The van der Waals surface area contributed by atoms with E-state index in [4.69, 9.17) is 4.74 Å². The van der Waals surface area contributed by atoms with Gasteiger partial charge in [-0.1, -0.05) is 37.6 Å². The molecular weight excluding hydrogens is 248 g/mol. The van der Waals surface area contributed by atoms with Gasteiger partial charge in [-0.2, -0.15) is 0 Å². The molecule has 1 aromatic rings. The molecule has 2 aliphatic heterocycles. The first-order valence-corrected chi connectivity index (χ1v) is 8.02. The lowest BCUT2D eigenvalue weighted by Crippen LogP contribution is -2.52. The fourth-order valence-electron chi connectivity index (χ4n) is 3.50. The van der Waals surface area contributed by atoms with Crippen LogP contribution in [0.2, 0.25) is 0 Å². The van der Waals surface area contributed by atoms with E-state index < -0.39 is 0 Å². The van der Waals surface area contributed by atoms with E-state index >= 15 is 0 Å². The van der Waals surface area contributed by atoms with E-state index in [-0.39, 0.29) is 6.10 Å². The molecule has 0 amide bonds. The molecule has 0 bridgehead atoms. The van der Waals surface area contributed by atoms with Crippen molar-refractivity contribution < 1.29 is 4.74 Å². The van der Waals surface area contributed by atoms with Crippen LogP contribution in [-0.4, -0.2) is 43.7 Å². The highest BCUT2D eigenvalue weighted by Gasteiger charge is 2.27. The molecule has 110 valence electrons. The summed E-state index contributed by atoms with van der Waals surface area (Å²) in [4.78, 5) is 2.63. The molecule has 2 aliphatic rings. The van der Waals surface area contributed by atoms with Crippen molar-refractivity contribution in [3.63, 3.8) is 0 Å². The molecule has 2 atom stereocenters. The van der Waals surface area contributed by atoms with Gasteiger partial charge in [-0.05, 0) is 24.0 Å². The summed E-state index contributed by atoms with van der Waals surface area (Å²) in [5.41, 5.74) is 2.89. The van der Waals surface area contributed by atoms with Gasteiger partial charge in [0, 0.05) is 32.2 Å².